The maximum Gasteiger partial charge on any atom is 0.261 e. The van der Waals surface area contributed by atoms with Crippen LogP contribution in [-0.4, -0.2) is 5.26 Å². The third kappa shape index (κ3) is 2.78. The Morgan fingerprint density at radius 3 is 3.00 bits per heavy atom. The highest BCUT2D eigenvalue weighted by Crippen LogP contribution is 2.60. The maximum atomic E-state index is 8.14. The van der Waals surface area contributed by atoms with Crippen molar-refractivity contribution in [2.45, 2.75) is 57.8 Å². The van der Waals surface area contributed by atoms with Crippen molar-refractivity contribution in [1.82, 2.24) is 0 Å². The van der Waals surface area contributed by atoms with Gasteiger partial charge in [-0.25, -0.2) is 5.26 Å². The molecule has 0 aliphatic heterocycles. The first-order valence-corrected chi connectivity index (χ1v) is 9.32. The predicted molar refractivity (Wildman–Crippen MR) is 88.7 cm³/mol. The van der Waals surface area contributed by atoms with Gasteiger partial charge < -0.3 is 4.18 Å². The van der Waals surface area contributed by atoms with E-state index in [1.807, 2.05) is 6.07 Å². The molecule has 0 radical (unpaired) electrons. The van der Waals surface area contributed by atoms with Crippen LogP contribution in [0.1, 0.15) is 62.5 Å². The van der Waals surface area contributed by atoms with Crippen LogP contribution in [0.3, 0.4) is 0 Å². The molecule has 23 heavy (non-hydrogen) atoms. The average Bonchev–Trinajstić information content (AvgIpc) is 2.96. The highest BCUT2D eigenvalue weighted by Gasteiger charge is 2.50. The van der Waals surface area contributed by atoms with Crippen LogP contribution >= 0.6 is 12.3 Å². The summed E-state index contributed by atoms with van der Waals surface area (Å²) in [5.41, 5.74) is 3.56. The molecule has 0 spiro atoms. The third-order valence-corrected chi connectivity index (χ3v) is 7.04. The molecule has 5 heteroatoms. The molecule has 126 valence electrons. The smallest absolute Gasteiger partial charge is 0.261 e. The van der Waals surface area contributed by atoms with Crippen LogP contribution < -0.4 is 4.18 Å². The fraction of sp³-hybridized carbons (Fsp3) is 0.667. The molecule has 1 aromatic carbocycles. The molecule has 3 aliphatic rings. The first kappa shape index (κ1) is 15.8. The molecule has 1 N–H and O–H groups in total. The Labute approximate surface area is 141 Å². The van der Waals surface area contributed by atoms with E-state index < -0.39 is 0 Å². The van der Waals surface area contributed by atoms with E-state index in [0.29, 0.717) is 17.7 Å². The van der Waals surface area contributed by atoms with E-state index in [2.05, 4.69) is 28.4 Å². The Morgan fingerprint density at radius 2 is 2.13 bits per heavy atom. The van der Waals surface area contributed by atoms with E-state index in [0.717, 1.165) is 29.9 Å². The Hall–Kier alpha value is -0.750. The summed E-state index contributed by atoms with van der Waals surface area (Å²) < 4.78 is 9.62. The highest BCUT2D eigenvalue weighted by atomic mass is 32.2. The Bertz CT molecular complexity index is 578. The lowest BCUT2D eigenvalue weighted by Crippen LogP contribution is -2.39. The van der Waals surface area contributed by atoms with Crippen LogP contribution in [0.4, 0.5) is 0 Å². The molecule has 4 unspecified atom stereocenters. The van der Waals surface area contributed by atoms with Crippen molar-refractivity contribution in [3.63, 3.8) is 0 Å². The van der Waals surface area contributed by atoms with Crippen molar-refractivity contribution in [3.8, 4) is 5.75 Å². The van der Waals surface area contributed by atoms with Crippen LogP contribution in [0.25, 0.3) is 0 Å². The van der Waals surface area contributed by atoms with Crippen molar-refractivity contribution >= 4 is 12.3 Å². The number of benzene rings is 1. The summed E-state index contributed by atoms with van der Waals surface area (Å²) in [6, 6.07) is 6.35. The summed E-state index contributed by atoms with van der Waals surface area (Å²) in [7, 11) is 0. The molecule has 4 rings (SSSR count). The van der Waals surface area contributed by atoms with E-state index in [1.54, 1.807) is 0 Å². The van der Waals surface area contributed by atoms with Crippen LogP contribution in [0, 0.1) is 17.3 Å². The molecule has 0 aromatic heterocycles. The molecule has 1 aromatic rings. The van der Waals surface area contributed by atoms with Crippen molar-refractivity contribution in [3.05, 3.63) is 29.3 Å². The van der Waals surface area contributed by atoms with Gasteiger partial charge in [-0.05, 0) is 85.0 Å². The number of rotatable bonds is 4. The second-order valence-electron chi connectivity index (χ2n) is 7.66. The first-order chi connectivity index (χ1) is 11.2. The summed E-state index contributed by atoms with van der Waals surface area (Å²) >= 11 is 0.620. The van der Waals surface area contributed by atoms with Gasteiger partial charge in [-0.15, -0.1) is 0 Å². The molecule has 0 saturated heterocycles. The van der Waals surface area contributed by atoms with Gasteiger partial charge in [-0.3, -0.25) is 0 Å². The lowest BCUT2D eigenvalue weighted by Gasteiger charge is -2.49. The second kappa shape index (κ2) is 6.28. The molecule has 3 aliphatic carbocycles. The minimum absolute atomic E-state index is 0.611. The Balaban J connectivity index is 1.54. The van der Waals surface area contributed by atoms with Crippen molar-refractivity contribution < 1.29 is 18.8 Å². The van der Waals surface area contributed by atoms with Gasteiger partial charge in [-0.2, -0.15) is 0 Å². The summed E-state index contributed by atoms with van der Waals surface area (Å²) in [6.45, 7) is 2.54. The van der Waals surface area contributed by atoms with Gasteiger partial charge in [0, 0.05) is 0 Å². The van der Waals surface area contributed by atoms with Crippen molar-refractivity contribution in [1.29, 1.82) is 0 Å². The van der Waals surface area contributed by atoms with Gasteiger partial charge in [0.1, 0.15) is 5.75 Å². The monoisotopic (exact) mass is 336 g/mol. The van der Waals surface area contributed by atoms with Crippen LogP contribution in [0.15, 0.2) is 18.2 Å². The Kier molecular flexibility index (Phi) is 4.30. The number of hydrogen-bond donors (Lipinski definition) is 1. The molecule has 2 saturated carbocycles. The Morgan fingerprint density at radius 1 is 1.22 bits per heavy atom. The lowest BCUT2D eigenvalue weighted by atomic mass is 9.56. The van der Waals surface area contributed by atoms with E-state index in [9.17, 15) is 0 Å². The molecular formula is C18H24O4S. The summed E-state index contributed by atoms with van der Waals surface area (Å²) in [5.74, 6) is 3.27. The maximum absolute atomic E-state index is 8.14. The quantitative estimate of drug-likeness (QED) is 0.350. The normalized spacial score (nSPS) is 35.3. The molecule has 4 atom stereocenters. The van der Waals surface area contributed by atoms with E-state index in [4.69, 9.17) is 9.44 Å². The fourth-order valence-electron chi connectivity index (χ4n) is 5.67. The van der Waals surface area contributed by atoms with Crippen molar-refractivity contribution in [2.24, 2.45) is 17.3 Å². The standard InChI is InChI=1S/C18H24O4S/c1-18-9-2-3-17(18)16-6-4-12-11-13(20-23-22-21-19)5-7-14(12)15(16)8-10-18/h5,7,11,15-17,19H,2-4,6,8-10H2,1H3. The van der Waals surface area contributed by atoms with Gasteiger partial charge in [0.2, 0.25) is 0 Å². The summed E-state index contributed by atoms with van der Waals surface area (Å²) in [6.07, 6.45) is 9.46. The average molecular weight is 336 g/mol. The van der Waals surface area contributed by atoms with Gasteiger partial charge in [0.15, 0.2) is 0 Å². The minimum Gasteiger partial charge on any atom is -0.399 e. The topological polar surface area (TPSA) is 47.9 Å². The van der Waals surface area contributed by atoms with Gasteiger partial charge >= 0.3 is 0 Å². The second-order valence-corrected chi connectivity index (χ2v) is 8.09. The number of fused-ring (bicyclic) bond motifs is 5. The molecule has 4 nitrogen and oxygen atoms in total. The van der Waals surface area contributed by atoms with Crippen molar-refractivity contribution in [2.75, 3.05) is 0 Å². The fourth-order valence-corrected chi connectivity index (χ4v) is 5.90. The zero-order chi connectivity index (χ0) is 15.9. The molecule has 0 amide bonds. The summed E-state index contributed by atoms with van der Waals surface area (Å²) in [5, 5.41) is 11.7. The van der Waals surface area contributed by atoms with E-state index in [-0.39, 0.29) is 0 Å². The molecular weight excluding hydrogens is 312 g/mol. The summed E-state index contributed by atoms with van der Waals surface area (Å²) in [4.78, 5) is 0. The van der Waals surface area contributed by atoms with E-state index in [1.165, 1.54) is 49.7 Å². The van der Waals surface area contributed by atoms with Gasteiger partial charge in [0.05, 0.1) is 0 Å². The molecule has 2 fully saturated rings. The van der Waals surface area contributed by atoms with Gasteiger partial charge in [0.25, 0.3) is 12.3 Å². The number of hydrogen-bond acceptors (Lipinski definition) is 5. The molecule has 0 bridgehead atoms. The largest absolute Gasteiger partial charge is 0.399 e. The third-order valence-electron chi connectivity index (χ3n) is 6.67. The van der Waals surface area contributed by atoms with Crippen LogP contribution in [-0.2, 0) is 15.8 Å². The lowest BCUT2D eigenvalue weighted by molar-refractivity contribution is -0.433. The SMILES string of the molecule is CC12CCCC1C1CCc3cc(OSOOO)ccc3C1CC2. The number of aryl methyl sites for hydroxylation is 1. The highest BCUT2D eigenvalue weighted by molar-refractivity contribution is 7.90. The minimum atomic E-state index is 0.611. The zero-order valence-corrected chi connectivity index (χ0v) is 14.3. The van der Waals surface area contributed by atoms with Gasteiger partial charge in [-0.1, -0.05) is 28.8 Å². The molecule has 0 heterocycles. The van der Waals surface area contributed by atoms with Crippen LogP contribution in [0.5, 0.6) is 5.75 Å². The van der Waals surface area contributed by atoms with E-state index >= 15 is 0 Å². The van der Waals surface area contributed by atoms with Crippen LogP contribution in [0.2, 0.25) is 0 Å². The first-order valence-electron chi connectivity index (χ1n) is 8.65. The zero-order valence-electron chi connectivity index (χ0n) is 13.5. The predicted octanol–water partition coefficient (Wildman–Crippen LogP) is 5.30.